The first-order valence-corrected chi connectivity index (χ1v) is 5.79. The molecule has 6 heteroatoms. The number of benzene rings is 1. The average molecular weight is 275 g/mol. The summed E-state index contributed by atoms with van der Waals surface area (Å²) in [6.45, 7) is 0. The Bertz CT molecular complexity index is 631. The van der Waals surface area contributed by atoms with Crippen LogP contribution in [-0.2, 0) is 0 Å². The largest absolute Gasteiger partial charge is 0.389 e. The van der Waals surface area contributed by atoms with E-state index < -0.39 is 5.82 Å². The lowest BCUT2D eigenvalue weighted by atomic mass is 10.1. The fourth-order valence-electron chi connectivity index (χ4n) is 1.52. The summed E-state index contributed by atoms with van der Waals surface area (Å²) in [6.07, 6.45) is 2.99. The monoisotopic (exact) mass is 275 g/mol. The highest BCUT2D eigenvalue weighted by Gasteiger charge is 2.11. The molecule has 0 atom stereocenters. The Morgan fingerprint density at radius 1 is 1.37 bits per heavy atom. The molecule has 19 heavy (non-hydrogen) atoms. The highest BCUT2D eigenvalue weighted by Crippen LogP contribution is 2.18. The number of halogens is 1. The van der Waals surface area contributed by atoms with Crippen molar-refractivity contribution >= 4 is 28.8 Å². The average Bonchev–Trinajstić information content (AvgIpc) is 2.41. The van der Waals surface area contributed by atoms with Gasteiger partial charge in [-0.1, -0.05) is 12.2 Å². The van der Waals surface area contributed by atoms with Gasteiger partial charge in [0, 0.05) is 18.0 Å². The van der Waals surface area contributed by atoms with Crippen molar-refractivity contribution in [2.45, 2.75) is 0 Å². The second-order valence-electron chi connectivity index (χ2n) is 3.75. The molecule has 0 saturated heterocycles. The van der Waals surface area contributed by atoms with Crippen molar-refractivity contribution in [3.8, 4) is 0 Å². The van der Waals surface area contributed by atoms with Crippen LogP contribution in [0.2, 0.25) is 0 Å². The zero-order chi connectivity index (χ0) is 13.8. The Kier molecular flexibility index (Phi) is 3.82. The van der Waals surface area contributed by atoms with Crippen molar-refractivity contribution in [2.24, 2.45) is 5.73 Å². The maximum absolute atomic E-state index is 13.1. The summed E-state index contributed by atoms with van der Waals surface area (Å²) in [6, 6.07) is 7.08. The van der Waals surface area contributed by atoms with E-state index in [0.717, 1.165) is 0 Å². The van der Waals surface area contributed by atoms with Crippen molar-refractivity contribution < 1.29 is 9.18 Å². The molecule has 3 N–H and O–H groups in total. The van der Waals surface area contributed by atoms with Gasteiger partial charge in [0.05, 0.1) is 11.3 Å². The van der Waals surface area contributed by atoms with Gasteiger partial charge in [0.15, 0.2) is 0 Å². The van der Waals surface area contributed by atoms with E-state index in [1.54, 1.807) is 18.3 Å². The molecule has 0 aliphatic carbocycles. The van der Waals surface area contributed by atoms with Gasteiger partial charge in [0.25, 0.3) is 5.91 Å². The molecule has 0 fully saturated rings. The van der Waals surface area contributed by atoms with Crippen molar-refractivity contribution in [3.63, 3.8) is 0 Å². The first-order valence-electron chi connectivity index (χ1n) is 5.38. The topological polar surface area (TPSA) is 68.0 Å². The summed E-state index contributed by atoms with van der Waals surface area (Å²) in [4.78, 5) is 15.8. The van der Waals surface area contributed by atoms with Gasteiger partial charge < -0.3 is 11.1 Å². The number of anilines is 1. The lowest BCUT2D eigenvalue weighted by Crippen LogP contribution is -2.18. The molecule has 0 aliphatic rings. The molecule has 1 aromatic carbocycles. The van der Waals surface area contributed by atoms with E-state index in [9.17, 15) is 9.18 Å². The van der Waals surface area contributed by atoms with Crippen molar-refractivity contribution in [1.82, 2.24) is 4.98 Å². The second-order valence-corrected chi connectivity index (χ2v) is 4.19. The normalized spacial score (nSPS) is 9.95. The lowest BCUT2D eigenvalue weighted by molar-refractivity contribution is 0.102. The van der Waals surface area contributed by atoms with E-state index >= 15 is 0 Å². The quantitative estimate of drug-likeness (QED) is 0.842. The van der Waals surface area contributed by atoms with Gasteiger partial charge in [-0.05, 0) is 30.3 Å². The second kappa shape index (κ2) is 5.53. The molecule has 0 bridgehead atoms. The van der Waals surface area contributed by atoms with Crippen molar-refractivity contribution in [1.29, 1.82) is 0 Å². The van der Waals surface area contributed by atoms with E-state index in [2.05, 4.69) is 10.3 Å². The summed E-state index contributed by atoms with van der Waals surface area (Å²) in [5.41, 5.74) is 6.54. The zero-order valence-corrected chi connectivity index (χ0v) is 10.6. The van der Waals surface area contributed by atoms with Gasteiger partial charge in [-0.25, -0.2) is 4.39 Å². The summed E-state index contributed by atoms with van der Waals surface area (Å²) >= 11 is 4.83. The minimum absolute atomic E-state index is 0.0148. The van der Waals surface area contributed by atoms with E-state index in [4.69, 9.17) is 18.0 Å². The van der Waals surface area contributed by atoms with Crippen LogP contribution < -0.4 is 11.1 Å². The smallest absolute Gasteiger partial charge is 0.257 e. The summed E-state index contributed by atoms with van der Waals surface area (Å²) < 4.78 is 13.1. The molecule has 0 aliphatic heterocycles. The third-order valence-corrected chi connectivity index (χ3v) is 2.64. The Labute approximate surface area is 114 Å². The zero-order valence-electron chi connectivity index (χ0n) is 9.76. The Balaban J connectivity index is 2.29. The number of aromatic nitrogens is 1. The Hall–Kier alpha value is -2.34. The molecular formula is C13H10FN3OS. The number of amides is 1. The maximum atomic E-state index is 13.1. The number of nitrogens with zero attached hydrogens (tertiary/aromatic N) is 1. The highest BCUT2D eigenvalue weighted by molar-refractivity contribution is 7.80. The fraction of sp³-hybridized carbons (Fsp3) is 0. The van der Waals surface area contributed by atoms with Crippen LogP contribution in [0.4, 0.5) is 10.1 Å². The maximum Gasteiger partial charge on any atom is 0.257 e. The predicted molar refractivity (Wildman–Crippen MR) is 74.5 cm³/mol. The first kappa shape index (κ1) is 13.1. The number of hydrogen-bond donors (Lipinski definition) is 2. The molecule has 0 saturated carbocycles. The molecule has 2 aromatic rings. The number of pyridine rings is 1. The van der Waals surface area contributed by atoms with Gasteiger partial charge in [-0.3, -0.25) is 9.78 Å². The SMILES string of the molecule is NC(=S)c1cc(F)ccc1NC(=O)c1cccnc1. The summed E-state index contributed by atoms with van der Waals surface area (Å²) in [5, 5.41) is 2.62. The van der Waals surface area contributed by atoms with Gasteiger partial charge >= 0.3 is 0 Å². The van der Waals surface area contributed by atoms with E-state index in [-0.39, 0.29) is 16.5 Å². The van der Waals surface area contributed by atoms with E-state index in [1.165, 1.54) is 24.4 Å². The number of rotatable bonds is 3. The third-order valence-electron chi connectivity index (χ3n) is 2.42. The number of carbonyl (C=O) groups is 1. The van der Waals surface area contributed by atoms with Crippen LogP contribution in [-0.4, -0.2) is 15.9 Å². The van der Waals surface area contributed by atoms with Crippen LogP contribution >= 0.6 is 12.2 Å². The molecule has 1 amide bonds. The number of nitrogens with two attached hydrogens (primary N) is 1. The lowest BCUT2D eigenvalue weighted by Gasteiger charge is -2.10. The van der Waals surface area contributed by atoms with Gasteiger partial charge in [0.1, 0.15) is 10.8 Å². The molecule has 4 nitrogen and oxygen atoms in total. The summed E-state index contributed by atoms with van der Waals surface area (Å²) in [5.74, 6) is -0.834. The van der Waals surface area contributed by atoms with Crippen LogP contribution in [0.15, 0.2) is 42.7 Å². The Morgan fingerprint density at radius 2 is 2.16 bits per heavy atom. The summed E-state index contributed by atoms with van der Waals surface area (Å²) in [7, 11) is 0. The van der Waals surface area contributed by atoms with Crippen LogP contribution in [0.25, 0.3) is 0 Å². The van der Waals surface area contributed by atoms with E-state index in [0.29, 0.717) is 11.3 Å². The predicted octanol–water partition coefficient (Wildman–Crippen LogP) is 2.11. The van der Waals surface area contributed by atoms with Gasteiger partial charge in [-0.15, -0.1) is 0 Å². The molecule has 0 radical (unpaired) electrons. The first-order chi connectivity index (χ1) is 9.08. The molecule has 1 heterocycles. The number of nitrogens with one attached hydrogen (secondary N) is 1. The molecule has 0 unspecified atom stereocenters. The molecule has 0 spiro atoms. The van der Waals surface area contributed by atoms with Gasteiger partial charge in [0.2, 0.25) is 0 Å². The van der Waals surface area contributed by atoms with E-state index in [1.807, 2.05) is 0 Å². The van der Waals surface area contributed by atoms with Crippen LogP contribution in [0.3, 0.4) is 0 Å². The van der Waals surface area contributed by atoms with Crippen LogP contribution in [0.1, 0.15) is 15.9 Å². The van der Waals surface area contributed by atoms with Crippen molar-refractivity contribution in [3.05, 3.63) is 59.7 Å². The number of thiocarbonyl (C=S) groups is 1. The molecule has 1 aromatic heterocycles. The minimum Gasteiger partial charge on any atom is -0.389 e. The van der Waals surface area contributed by atoms with Crippen molar-refractivity contribution in [2.75, 3.05) is 5.32 Å². The van der Waals surface area contributed by atoms with Crippen LogP contribution in [0, 0.1) is 5.82 Å². The fourth-order valence-corrected chi connectivity index (χ4v) is 1.69. The highest BCUT2D eigenvalue weighted by atomic mass is 32.1. The standard InChI is InChI=1S/C13H10FN3OS/c14-9-3-4-11(10(6-9)12(15)19)17-13(18)8-2-1-5-16-7-8/h1-7H,(H2,15,19)(H,17,18). The molecule has 2 rings (SSSR count). The number of carbonyl (C=O) groups excluding carboxylic acids is 1. The Morgan fingerprint density at radius 3 is 2.79 bits per heavy atom. The third kappa shape index (κ3) is 3.11. The molecule has 96 valence electrons. The van der Waals surface area contributed by atoms with Gasteiger partial charge in [-0.2, -0.15) is 0 Å². The molecular weight excluding hydrogens is 265 g/mol. The number of hydrogen-bond acceptors (Lipinski definition) is 3. The minimum atomic E-state index is -0.470. The van der Waals surface area contributed by atoms with Crippen LogP contribution in [0.5, 0.6) is 0 Å².